The average Bonchev–Trinajstić information content (AvgIpc) is 3.11. The highest BCUT2D eigenvalue weighted by atomic mass is 127. The van der Waals surface area contributed by atoms with E-state index in [1.54, 1.807) is 14.0 Å². The van der Waals surface area contributed by atoms with Crippen molar-refractivity contribution in [1.29, 1.82) is 0 Å². The van der Waals surface area contributed by atoms with E-state index in [0.717, 1.165) is 13.0 Å². The number of halogens is 1. The van der Waals surface area contributed by atoms with Gasteiger partial charge >= 0.3 is 0 Å². The van der Waals surface area contributed by atoms with Gasteiger partial charge in [-0.25, -0.2) is 0 Å². The topological polar surface area (TPSA) is 95.7 Å². The molecular formula is C13H23IN6O2. The van der Waals surface area contributed by atoms with E-state index >= 15 is 0 Å². The van der Waals surface area contributed by atoms with Crippen LogP contribution in [-0.2, 0) is 11.3 Å². The molecule has 2 heterocycles. The molecule has 22 heavy (non-hydrogen) atoms. The summed E-state index contributed by atoms with van der Waals surface area (Å²) in [6.07, 6.45) is 1.48. The van der Waals surface area contributed by atoms with Gasteiger partial charge in [-0.1, -0.05) is 12.1 Å². The van der Waals surface area contributed by atoms with E-state index in [4.69, 9.17) is 4.52 Å². The van der Waals surface area contributed by atoms with Crippen molar-refractivity contribution < 1.29 is 9.32 Å². The van der Waals surface area contributed by atoms with E-state index in [9.17, 15) is 4.79 Å². The van der Waals surface area contributed by atoms with Crippen LogP contribution >= 0.6 is 24.0 Å². The zero-order chi connectivity index (χ0) is 15.2. The molecule has 0 radical (unpaired) electrons. The maximum atomic E-state index is 11.7. The molecule has 2 rings (SSSR count). The number of rotatable bonds is 4. The fraction of sp³-hybridized carbons (Fsp3) is 0.692. The predicted molar refractivity (Wildman–Crippen MR) is 93.1 cm³/mol. The lowest BCUT2D eigenvalue weighted by atomic mass is 10.3. The standard InChI is InChI=1S/C13H22N6O2.HI/c1-4-12(20)19-6-5-10(8-19)17-13(14-3)15-7-11-16-9(2)21-18-11;/h10H,4-8H2,1-3H3,(H2,14,15,17);1H. The lowest BCUT2D eigenvalue weighted by Gasteiger charge is -2.18. The van der Waals surface area contributed by atoms with Gasteiger partial charge in [0.05, 0.1) is 6.54 Å². The summed E-state index contributed by atoms with van der Waals surface area (Å²) >= 11 is 0. The Morgan fingerprint density at radius 1 is 1.55 bits per heavy atom. The number of likely N-dealkylation sites (tertiary alicyclic amines) is 1. The Morgan fingerprint density at radius 3 is 2.91 bits per heavy atom. The molecule has 9 heteroatoms. The number of amides is 1. The molecule has 1 saturated heterocycles. The van der Waals surface area contributed by atoms with Crippen LogP contribution in [0.25, 0.3) is 0 Å². The lowest BCUT2D eigenvalue weighted by molar-refractivity contribution is -0.129. The number of guanidine groups is 1. The second kappa shape index (κ2) is 8.91. The third kappa shape index (κ3) is 5.11. The largest absolute Gasteiger partial charge is 0.352 e. The Bertz CT molecular complexity index is 518. The molecule has 1 unspecified atom stereocenters. The first kappa shape index (κ1) is 18.7. The van der Waals surface area contributed by atoms with Crippen LogP contribution in [0.15, 0.2) is 9.52 Å². The van der Waals surface area contributed by atoms with Gasteiger partial charge in [0.25, 0.3) is 0 Å². The number of carbonyl (C=O) groups is 1. The number of aryl methyl sites for hydroxylation is 1. The van der Waals surface area contributed by atoms with Crippen LogP contribution in [0, 0.1) is 6.92 Å². The fourth-order valence-corrected chi connectivity index (χ4v) is 2.29. The summed E-state index contributed by atoms with van der Waals surface area (Å²) in [5, 5.41) is 10.3. The van der Waals surface area contributed by atoms with E-state index in [1.165, 1.54) is 0 Å². The smallest absolute Gasteiger partial charge is 0.223 e. The molecule has 1 aliphatic rings. The highest BCUT2D eigenvalue weighted by molar-refractivity contribution is 14.0. The van der Waals surface area contributed by atoms with E-state index in [2.05, 4.69) is 25.8 Å². The molecule has 1 atom stereocenters. The summed E-state index contributed by atoms with van der Waals surface area (Å²) < 4.78 is 4.91. The molecule has 1 aliphatic heterocycles. The van der Waals surface area contributed by atoms with Crippen LogP contribution in [0.1, 0.15) is 31.5 Å². The molecule has 0 bridgehead atoms. The highest BCUT2D eigenvalue weighted by Crippen LogP contribution is 2.10. The third-order valence-corrected chi connectivity index (χ3v) is 3.39. The van der Waals surface area contributed by atoms with E-state index < -0.39 is 0 Å². The van der Waals surface area contributed by atoms with Crippen molar-refractivity contribution >= 4 is 35.8 Å². The SMILES string of the molecule is CCC(=O)N1CCC(NC(=NC)NCc2noc(C)n2)C1.I. The summed E-state index contributed by atoms with van der Waals surface area (Å²) in [5.74, 6) is 2.00. The Hall–Kier alpha value is -1.39. The molecule has 1 amide bonds. The maximum Gasteiger partial charge on any atom is 0.223 e. The molecule has 1 aromatic heterocycles. The van der Waals surface area contributed by atoms with Crippen LogP contribution in [0.4, 0.5) is 0 Å². The zero-order valence-corrected chi connectivity index (χ0v) is 15.5. The van der Waals surface area contributed by atoms with Crippen LogP contribution in [0.5, 0.6) is 0 Å². The molecule has 8 nitrogen and oxygen atoms in total. The van der Waals surface area contributed by atoms with Crippen molar-refractivity contribution in [3.05, 3.63) is 11.7 Å². The second-order valence-corrected chi connectivity index (χ2v) is 4.98. The second-order valence-electron chi connectivity index (χ2n) is 4.98. The van der Waals surface area contributed by atoms with Gasteiger partial charge in [-0.05, 0) is 6.42 Å². The number of hydrogen-bond acceptors (Lipinski definition) is 5. The molecule has 2 N–H and O–H groups in total. The van der Waals surface area contributed by atoms with Crippen LogP contribution < -0.4 is 10.6 Å². The molecule has 0 aliphatic carbocycles. The van der Waals surface area contributed by atoms with Crippen LogP contribution in [0.3, 0.4) is 0 Å². The Labute approximate surface area is 147 Å². The summed E-state index contributed by atoms with van der Waals surface area (Å²) in [5.41, 5.74) is 0. The van der Waals surface area contributed by atoms with Crippen molar-refractivity contribution in [2.45, 2.75) is 39.3 Å². The first-order chi connectivity index (χ1) is 10.1. The number of aromatic nitrogens is 2. The van der Waals surface area contributed by atoms with Gasteiger partial charge < -0.3 is 20.1 Å². The van der Waals surface area contributed by atoms with Gasteiger partial charge in [0.15, 0.2) is 11.8 Å². The minimum absolute atomic E-state index is 0. The summed E-state index contributed by atoms with van der Waals surface area (Å²) in [4.78, 5) is 21.8. The Kier molecular flexibility index (Phi) is 7.56. The van der Waals surface area contributed by atoms with Gasteiger partial charge in [0.2, 0.25) is 11.8 Å². The minimum atomic E-state index is 0. The molecule has 0 saturated carbocycles. The minimum Gasteiger partial charge on any atom is -0.352 e. The van der Waals surface area contributed by atoms with Crippen molar-refractivity contribution in [2.24, 2.45) is 4.99 Å². The van der Waals surface area contributed by atoms with Crippen molar-refractivity contribution in [3.8, 4) is 0 Å². The zero-order valence-electron chi connectivity index (χ0n) is 13.1. The Morgan fingerprint density at radius 2 is 2.32 bits per heavy atom. The first-order valence-corrected chi connectivity index (χ1v) is 7.16. The number of carbonyl (C=O) groups excluding carboxylic acids is 1. The molecule has 1 fully saturated rings. The van der Waals surface area contributed by atoms with Crippen LogP contribution in [-0.4, -0.2) is 53.1 Å². The van der Waals surface area contributed by atoms with Gasteiger partial charge in [-0.3, -0.25) is 9.79 Å². The van der Waals surface area contributed by atoms with Crippen LogP contribution in [0.2, 0.25) is 0 Å². The van der Waals surface area contributed by atoms with E-state index in [0.29, 0.717) is 37.2 Å². The molecule has 1 aromatic rings. The van der Waals surface area contributed by atoms with E-state index in [1.807, 2.05) is 11.8 Å². The molecular weight excluding hydrogens is 399 g/mol. The number of nitrogens with one attached hydrogen (secondary N) is 2. The fourth-order valence-electron chi connectivity index (χ4n) is 2.29. The quantitative estimate of drug-likeness (QED) is 0.421. The third-order valence-electron chi connectivity index (χ3n) is 3.39. The highest BCUT2D eigenvalue weighted by Gasteiger charge is 2.25. The van der Waals surface area contributed by atoms with Gasteiger partial charge in [-0.2, -0.15) is 4.98 Å². The first-order valence-electron chi connectivity index (χ1n) is 7.16. The van der Waals surface area contributed by atoms with Crippen molar-refractivity contribution in [2.75, 3.05) is 20.1 Å². The Balaban J connectivity index is 0.00000242. The molecule has 124 valence electrons. The average molecular weight is 422 g/mol. The molecule has 0 spiro atoms. The number of nitrogens with zero attached hydrogens (tertiary/aromatic N) is 4. The summed E-state index contributed by atoms with van der Waals surface area (Å²) in [6.45, 7) is 5.60. The predicted octanol–water partition coefficient (Wildman–Crippen LogP) is 0.672. The number of hydrogen-bond donors (Lipinski definition) is 2. The van der Waals surface area contributed by atoms with Gasteiger partial charge in [0, 0.05) is 39.5 Å². The maximum absolute atomic E-state index is 11.7. The normalized spacial score (nSPS) is 18.0. The van der Waals surface area contributed by atoms with Crippen molar-refractivity contribution in [1.82, 2.24) is 25.7 Å². The summed E-state index contributed by atoms with van der Waals surface area (Å²) in [6, 6.07) is 0.221. The van der Waals surface area contributed by atoms with Gasteiger partial charge in [0.1, 0.15) is 0 Å². The molecule has 0 aromatic carbocycles. The van der Waals surface area contributed by atoms with E-state index in [-0.39, 0.29) is 35.9 Å². The van der Waals surface area contributed by atoms with Gasteiger partial charge in [-0.15, -0.1) is 24.0 Å². The van der Waals surface area contributed by atoms with Crippen molar-refractivity contribution in [3.63, 3.8) is 0 Å². The summed E-state index contributed by atoms with van der Waals surface area (Å²) in [7, 11) is 1.71. The number of aliphatic imine (C=N–C) groups is 1. The monoisotopic (exact) mass is 422 g/mol. The lowest BCUT2D eigenvalue weighted by Crippen LogP contribution is -2.44.